The lowest BCUT2D eigenvalue weighted by atomic mass is 10.1. The van der Waals surface area contributed by atoms with Crippen LogP contribution in [-0.2, 0) is 19.6 Å². The van der Waals surface area contributed by atoms with Crippen LogP contribution >= 0.6 is 0 Å². The number of ether oxygens (including phenoxy) is 1. The van der Waals surface area contributed by atoms with Crippen LogP contribution in [0.3, 0.4) is 0 Å². The van der Waals surface area contributed by atoms with Gasteiger partial charge in [0.1, 0.15) is 0 Å². The first-order valence-corrected chi connectivity index (χ1v) is 11.0. The van der Waals surface area contributed by atoms with Crippen molar-refractivity contribution in [3.05, 3.63) is 58.7 Å². The summed E-state index contributed by atoms with van der Waals surface area (Å²) in [5.41, 5.74) is 3.67. The standard InChI is InChI=1S/C22H28N2O5S/c1-14(2)24(6)30(27,28)19-9-7-8-18(12-19)22(26)29-13-20(25)23-21-16(4)10-15(3)11-17(21)5/h7-12,14H,13H2,1-6H3,(H,23,25). The molecular weight excluding hydrogens is 404 g/mol. The van der Waals surface area contributed by atoms with Gasteiger partial charge >= 0.3 is 5.97 Å². The molecule has 7 nitrogen and oxygen atoms in total. The third kappa shape index (κ3) is 5.46. The Bertz CT molecular complexity index is 1040. The average molecular weight is 433 g/mol. The van der Waals surface area contributed by atoms with E-state index in [1.165, 1.54) is 35.6 Å². The Morgan fingerprint density at radius 2 is 1.67 bits per heavy atom. The predicted octanol–water partition coefficient (Wildman–Crippen LogP) is 3.44. The number of amides is 1. The van der Waals surface area contributed by atoms with Crippen LogP contribution in [0.1, 0.15) is 40.9 Å². The lowest BCUT2D eigenvalue weighted by molar-refractivity contribution is -0.119. The molecule has 0 aliphatic rings. The highest BCUT2D eigenvalue weighted by atomic mass is 32.2. The molecule has 0 saturated carbocycles. The third-order valence-electron chi connectivity index (χ3n) is 4.75. The molecule has 0 heterocycles. The fourth-order valence-corrected chi connectivity index (χ4v) is 4.41. The number of carbonyl (C=O) groups is 2. The van der Waals surface area contributed by atoms with Crippen molar-refractivity contribution in [2.24, 2.45) is 0 Å². The van der Waals surface area contributed by atoms with E-state index in [1.54, 1.807) is 13.8 Å². The van der Waals surface area contributed by atoms with Gasteiger partial charge in [-0.3, -0.25) is 4.79 Å². The first-order valence-electron chi connectivity index (χ1n) is 9.56. The van der Waals surface area contributed by atoms with Crippen molar-refractivity contribution in [2.45, 2.75) is 45.6 Å². The van der Waals surface area contributed by atoms with Gasteiger partial charge in [-0.05, 0) is 63.9 Å². The summed E-state index contributed by atoms with van der Waals surface area (Å²) >= 11 is 0. The number of hydrogen-bond acceptors (Lipinski definition) is 5. The van der Waals surface area contributed by atoms with E-state index in [4.69, 9.17) is 4.74 Å². The van der Waals surface area contributed by atoms with Crippen LogP contribution in [0.25, 0.3) is 0 Å². The van der Waals surface area contributed by atoms with E-state index in [9.17, 15) is 18.0 Å². The van der Waals surface area contributed by atoms with Crippen molar-refractivity contribution >= 4 is 27.6 Å². The number of benzene rings is 2. The number of carbonyl (C=O) groups excluding carboxylic acids is 2. The van der Waals surface area contributed by atoms with E-state index in [0.717, 1.165) is 16.7 Å². The summed E-state index contributed by atoms with van der Waals surface area (Å²) in [7, 11) is -2.26. The summed E-state index contributed by atoms with van der Waals surface area (Å²) in [6.45, 7) is 8.79. The first-order chi connectivity index (χ1) is 13.9. The summed E-state index contributed by atoms with van der Waals surface area (Å²) in [5, 5.41) is 2.76. The van der Waals surface area contributed by atoms with Crippen LogP contribution in [0, 0.1) is 20.8 Å². The Labute approximate surface area is 178 Å². The molecule has 0 aliphatic heterocycles. The molecule has 0 spiro atoms. The number of anilines is 1. The predicted molar refractivity (Wildman–Crippen MR) is 116 cm³/mol. The number of hydrogen-bond donors (Lipinski definition) is 1. The van der Waals surface area contributed by atoms with E-state index in [0.29, 0.717) is 5.69 Å². The normalized spacial score (nSPS) is 11.6. The number of nitrogens with one attached hydrogen (secondary N) is 1. The molecule has 1 N–H and O–H groups in total. The minimum atomic E-state index is -3.73. The number of rotatable bonds is 7. The minimum absolute atomic E-state index is 0.0106. The van der Waals surface area contributed by atoms with Crippen molar-refractivity contribution in [2.75, 3.05) is 19.0 Å². The Balaban J connectivity index is 2.08. The summed E-state index contributed by atoms with van der Waals surface area (Å²) in [6.07, 6.45) is 0. The van der Waals surface area contributed by atoms with Crippen molar-refractivity contribution in [1.29, 1.82) is 0 Å². The molecule has 0 saturated heterocycles. The first kappa shape index (κ1) is 23.6. The molecule has 162 valence electrons. The molecule has 0 fully saturated rings. The Morgan fingerprint density at radius 1 is 1.07 bits per heavy atom. The van der Waals surface area contributed by atoms with Gasteiger partial charge in [0.25, 0.3) is 5.91 Å². The van der Waals surface area contributed by atoms with Gasteiger partial charge < -0.3 is 10.1 Å². The van der Waals surface area contributed by atoms with E-state index >= 15 is 0 Å². The minimum Gasteiger partial charge on any atom is -0.452 e. The maximum absolute atomic E-state index is 12.6. The smallest absolute Gasteiger partial charge is 0.338 e. The Kier molecular flexibility index (Phi) is 7.39. The molecule has 2 aromatic carbocycles. The van der Waals surface area contributed by atoms with Gasteiger partial charge in [-0.15, -0.1) is 0 Å². The third-order valence-corrected chi connectivity index (χ3v) is 6.78. The van der Waals surface area contributed by atoms with Gasteiger partial charge in [0.15, 0.2) is 6.61 Å². The highest BCUT2D eigenvalue weighted by molar-refractivity contribution is 7.89. The van der Waals surface area contributed by atoms with Crippen LogP contribution in [0.5, 0.6) is 0 Å². The van der Waals surface area contributed by atoms with Crippen molar-refractivity contribution in [3.8, 4) is 0 Å². The number of aryl methyl sites for hydroxylation is 3. The topological polar surface area (TPSA) is 92.8 Å². The molecule has 0 aromatic heterocycles. The van der Waals surface area contributed by atoms with Gasteiger partial charge in [0.05, 0.1) is 10.5 Å². The van der Waals surface area contributed by atoms with E-state index in [1.807, 2.05) is 32.9 Å². The fraction of sp³-hybridized carbons (Fsp3) is 0.364. The molecule has 0 bridgehead atoms. The zero-order valence-electron chi connectivity index (χ0n) is 18.1. The molecule has 30 heavy (non-hydrogen) atoms. The largest absolute Gasteiger partial charge is 0.452 e. The second-order valence-electron chi connectivity index (χ2n) is 7.54. The van der Waals surface area contributed by atoms with E-state index < -0.39 is 28.5 Å². The molecule has 0 radical (unpaired) electrons. The van der Waals surface area contributed by atoms with Gasteiger partial charge in [-0.1, -0.05) is 23.8 Å². The lowest BCUT2D eigenvalue weighted by Crippen LogP contribution is -2.33. The molecule has 2 rings (SSSR count). The maximum Gasteiger partial charge on any atom is 0.338 e. The average Bonchev–Trinajstić information content (AvgIpc) is 2.68. The van der Waals surface area contributed by atoms with E-state index in [-0.39, 0.29) is 16.5 Å². The summed E-state index contributed by atoms with van der Waals surface area (Å²) in [4.78, 5) is 24.6. The van der Waals surface area contributed by atoms with Crippen molar-refractivity contribution in [3.63, 3.8) is 0 Å². The molecule has 2 aromatic rings. The summed E-state index contributed by atoms with van der Waals surface area (Å²) < 4.78 is 31.5. The summed E-state index contributed by atoms with van der Waals surface area (Å²) in [5.74, 6) is -1.24. The highest BCUT2D eigenvalue weighted by Crippen LogP contribution is 2.22. The maximum atomic E-state index is 12.6. The quantitative estimate of drug-likeness (QED) is 0.677. The Morgan fingerprint density at radius 3 is 2.23 bits per heavy atom. The van der Waals surface area contributed by atoms with Crippen molar-refractivity contribution < 1.29 is 22.7 Å². The number of sulfonamides is 1. The number of nitrogens with zero attached hydrogens (tertiary/aromatic N) is 1. The molecule has 1 amide bonds. The number of esters is 1. The molecule has 0 atom stereocenters. The van der Waals surface area contributed by atoms with Crippen LogP contribution in [0.4, 0.5) is 5.69 Å². The summed E-state index contributed by atoms with van der Waals surface area (Å²) in [6, 6.07) is 9.26. The van der Waals surface area contributed by atoms with Crippen LogP contribution < -0.4 is 5.32 Å². The lowest BCUT2D eigenvalue weighted by Gasteiger charge is -2.21. The molecule has 0 unspecified atom stereocenters. The van der Waals surface area contributed by atoms with Crippen molar-refractivity contribution in [1.82, 2.24) is 4.31 Å². The van der Waals surface area contributed by atoms with Crippen LogP contribution in [0.2, 0.25) is 0 Å². The van der Waals surface area contributed by atoms with E-state index in [2.05, 4.69) is 5.32 Å². The SMILES string of the molecule is Cc1cc(C)c(NC(=O)COC(=O)c2cccc(S(=O)(=O)N(C)C(C)C)c2)c(C)c1. The molecule has 8 heteroatoms. The van der Waals surface area contributed by atoms with Crippen LogP contribution in [-0.4, -0.2) is 44.3 Å². The van der Waals surface area contributed by atoms with Gasteiger partial charge in [0.2, 0.25) is 10.0 Å². The van der Waals surface area contributed by atoms with Crippen LogP contribution in [0.15, 0.2) is 41.3 Å². The zero-order chi connectivity index (χ0) is 22.6. The Hall–Kier alpha value is -2.71. The second kappa shape index (κ2) is 9.40. The molecular formula is C22H28N2O5S. The van der Waals surface area contributed by atoms with Gasteiger partial charge in [-0.2, -0.15) is 4.31 Å². The monoisotopic (exact) mass is 432 g/mol. The fourth-order valence-electron chi connectivity index (χ4n) is 2.99. The van der Waals surface area contributed by atoms with Gasteiger partial charge in [0, 0.05) is 18.8 Å². The van der Waals surface area contributed by atoms with Gasteiger partial charge in [-0.25, -0.2) is 13.2 Å². The highest BCUT2D eigenvalue weighted by Gasteiger charge is 2.24. The second-order valence-corrected chi connectivity index (χ2v) is 9.54. The zero-order valence-corrected chi connectivity index (χ0v) is 19.0. The molecule has 0 aliphatic carbocycles.